The fraction of sp³-hybridized carbons (Fsp3) is 0.444. The van der Waals surface area contributed by atoms with Crippen molar-refractivity contribution in [3.8, 4) is 5.75 Å². The van der Waals surface area contributed by atoms with Gasteiger partial charge in [-0.3, -0.25) is 4.79 Å². The van der Waals surface area contributed by atoms with E-state index in [-0.39, 0.29) is 10.6 Å². The van der Waals surface area contributed by atoms with Crippen LogP contribution >= 0.6 is 11.8 Å². The highest BCUT2D eigenvalue weighted by Gasteiger charge is 2.43. The number of hydrogen-bond donors (Lipinski definition) is 1. The van der Waals surface area contributed by atoms with Crippen LogP contribution in [0, 0.1) is 5.41 Å². The molecule has 1 N–H and O–H groups in total. The lowest BCUT2D eigenvalue weighted by molar-refractivity contribution is -0.151. The summed E-state index contributed by atoms with van der Waals surface area (Å²) in [6.07, 6.45) is 7.41. The Morgan fingerprint density at radius 2 is 1.59 bits per heavy atom. The molecular formula is C36H46N2O6S2. The van der Waals surface area contributed by atoms with E-state index in [4.69, 9.17) is 9.47 Å². The van der Waals surface area contributed by atoms with Gasteiger partial charge in [0.1, 0.15) is 5.75 Å². The molecule has 1 aliphatic rings. The highest BCUT2D eigenvalue weighted by atomic mass is 32.2. The van der Waals surface area contributed by atoms with Crippen molar-refractivity contribution in [2.75, 3.05) is 37.2 Å². The minimum absolute atomic E-state index is 0.0451. The van der Waals surface area contributed by atoms with Gasteiger partial charge in [-0.25, -0.2) is 13.2 Å². The summed E-state index contributed by atoms with van der Waals surface area (Å²) in [5.41, 5.74) is 0.250. The standard InChI is InChI=1S/C36H46N2O6S2/c1-6-8-20-36(21-9-7-2)25-38(28-18-14-11-15-19-28)29-22-31(45-5)30(23-32(29)46(41,42)26-36)44-24-33(39)37-35(3,34(40)43-4)27-16-12-10-13-17-27/h10-19,22-23H,6-9,20-21,24-26H2,1-5H3,(H,37,39). The van der Waals surface area contributed by atoms with Crippen molar-refractivity contribution in [3.63, 3.8) is 0 Å². The van der Waals surface area contributed by atoms with Crippen LogP contribution in [-0.2, 0) is 29.7 Å². The second-order valence-electron chi connectivity index (χ2n) is 12.2. The lowest BCUT2D eigenvalue weighted by Gasteiger charge is -2.37. The molecule has 1 atom stereocenters. The van der Waals surface area contributed by atoms with Crippen molar-refractivity contribution >= 4 is 44.9 Å². The summed E-state index contributed by atoms with van der Waals surface area (Å²) < 4.78 is 39.7. The van der Waals surface area contributed by atoms with E-state index in [2.05, 4.69) is 24.1 Å². The monoisotopic (exact) mass is 666 g/mol. The zero-order chi connectivity index (χ0) is 33.4. The molecule has 0 radical (unpaired) electrons. The molecule has 0 saturated heterocycles. The number of hydrogen-bond acceptors (Lipinski definition) is 8. The maximum absolute atomic E-state index is 14.3. The Hall–Kier alpha value is -3.50. The molecule has 1 unspecified atom stereocenters. The first kappa shape index (κ1) is 35.4. The molecule has 1 heterocycles. The van der Waals surface area contributed by atoms with Gasteiger partial charge in [0.25, 0.3) is 5.91 Å². The Labute approximate surface area is 278 Å². The van der Waals surface area contributed by atoms with Gasteiger partial charge in [-0.1, -0.05) is 88.1 Å². The minimum Gasteiger partial charge on any atom is -0.483 e. The average Bonchev–Trinajstić information content (AvgIpc) is 3.16. The van der Waals surface area contributed by atoms with Crippen LogP contribution in [0.25, 0.3) is 0 Å². The zero-order valence-corrected chi connectivity index (χ0v) is 29.1. The summed E-state index contributed by atoms with van der Waals surface area (Å²) in [4.78, 5) is 29.1. The predicted octanol–water partition coefficient (Wildman–Crippen LogP) is 7.28. The fourth-order valence-corrected chi connectivity index (χ4v) is 8.92. The number of ether oxygens (including phenoxy) is 2. The van der Waals surface area contributed by atoms with E-state index in [0.29, 0.717) is 28.4 Å². The van der Waals surface area contributed by atoms with Crippen LogP contribution in [0.15, 0.2) is 82.6 Å². The van der Waals surface area contributed by atoms with Gasteiger partial charge in [0, 0.05) is 23.7 Å². The van der Waals surface area contributed by atoms with Crippen molar-refractivity contribution in [3.05, 3.63) is 78.4 Å². The van der Waals surface area contributed by atoms with Crippen molar-refractivity contribution in [1.29, 1.82) is 0 Å². The van der Waals surface area contributed by atoms with E-state index in [0.717, 1.165) is 44.2 Å². The number of nitrogens with zero attached hydrogens (tertiary/aromatic N) is 1. The lowest BCUT2D eigenvalue weighted by Crippen LogP contribution is -2.51. The molecule has 3 aromatic carbocycles. The Morgan fingerprint density at radius 3 is 2.15 bits per heavy atom. The zero-order valence-electron chi connectivity index (χ0n) is 27.5. The number of unbranched alkanes of at least 4 members (excludes halogenated alkanes) is 2. The first-order valence-corrected chi connectivity index (χ1v) is 18.8. The summed E-state index contributed by atoms with van der Waals surface area (Å²) in [6, 6.07) is 22.2. The second-order valence-corrected chi connectivity index (χ2v) is 15.0. The number of rotatable bonds is 14. The minimum atomic E-state index is -3.75. The van der Waals surface area contributed by atoms with Crippen molar-refractivity contribution in [2.24, 2.45) is 5.41 Å². The first-order valence-electron chi connectivity index (χ1n) is 15.9. The van der Waals surface area contributed by atoms with E-state index < -0.39 is 39.3 Å². The first-order chi connectivity index (χ1) is 22.0. The third-order valence-corrected chi connectivity index (χ3v) is 11.5. The van der Waals surface area contributed by atoms with Crippen LogP contribution < -0.4 is 15.0 Å². The SMILES string of the molecule is CCCCC1(CCCC)CN(c2ccccc2)c2cc(SC)c(OCC(=O)NC(C)(C(=O)OC)c3ccccc3)cc2S(=O)(=O)C1. The molecule has 0 fully saturated rings. The molecule has 1 aliphatic heterocycles. The molecule has 248 valence electrons. The molecule has 10 heteroatoms. The van der Waals surface area contributed by atoms with Crippen molar-refractivity contribution in [2.45, 2.75) is 74.6 Å². The molecule has 8 nitrogen and oxygen atoms in total. The van der Waals surface area contributed by atoms with E-state index in [1.807, 2.05) is 48.7 Å². The number of carbonyl (C=O) groups excluding carboxylic acids is 2. The second kappa shape index (κ2) is 15.4. The molecule has 0 bridgehead atoms. The highest BCUT2D eigenvalue weighted by Crippen LogP contribution is 2.47. The van der Waals surface area contributed by atoms with Crippen molar-refractivity contribution in [1.82, 2.24) is 5.32 Å². The van der Waals surface area contributed by atoms with Gasteiger partial charge in [0.2, 0.25) is 0 Å². The van der Waals surface area contributed by atoms with E-state index in [9.17, 15) is 18.0 Å². The Kier molecular flexibility index (Phi) is 11.8. The Bertz CT molecular complexity index is 1590. The molecule has 46 heavy (non-hydrogen) atoms. The van der Waals surface area contributed by atoms with Crippen LogP contribution in [-0.4, -0.2) is 52.6 Å². The van der Waals surface area contributed by atoms with Gasteiger partial charge in [0.05, 0.1) is 28.3 Å². The Morgan fingerprint density at radius 1 is 0.978 bits per heavy atom. The van der Waals surface area contributed by atoms with E-state index >= 15 is 0 Å². The molecule has 1 amide bonds. The maximum atomic E-state index is 14.3. The number of thioether (sulfide) groups is 1. The largest absolute Gasteiger partial charge is 0.483 e. The number of methoxy groups -OCH3 is 1. The number of amides is 1. The molecule has 0 saturated carbocycles. The number of anilines is 2. The lowest BCUT2D eigenvalue weighted by atomic mass is 9.79. The van der Waals surface area contributed by atoms with Crippen LogP contribution in [0.2, 0.25) is 0 Å². The highest BCUT2D eigenvalue weighted by molar-refractivity contribution is 7.98. The smallest absolute Gasteiger partial charge is 0.336 e. The topological polar surface area (TPSA) is 102 Å². The van der Waals surface area contributed by atoms with Gasteiger partial charge < -0.3 is 19.7 Å². The third kappa shape index (κ3) is 7.89. The van der Waals surface area contributed by atoms with Crippen LogP contribution in [0.3, 0.4) is 0 Å². The van der Waals surface area contributed by atoms with Crippen molar-refractivity contribution < 1.29 is 27.5 Å². The van der Waals surface area contributed by atoms with E-state index in [1.54, 1.807) is 37.3 Å². The Balaban J connectivity index is 1.73. The van der Waals surface area contributed by atoms with Crippen LogP contribution in [0.1, 0.15) is 64.9 Å². The summed E-state index contributed by atoms with van der Waals surface area (Å²) in [5.74, 6) is -0.829. The van der Waals surface area contributed by atoms with Gasteiger partial charge >= 0.3 is 5.97 Å². The summed E-state index contributed by atoms with van der Waals surface area (Å²) in [7, 11) is -2.48. The number of benzene rings is 3. The summed E-state index contributed by atoms with van der Waals surface area (Å²) in [6.45, 7) is 6.02. The number of para-hydroxylation sites is 1. The summed E-state index contributed by atoms with van der Waals surface area (Å²) in [5, 5.41) is 2.76. The summed E-state index contributed by atoms with van der Waals surface area (Å²) >= 11 is 1.42. The van der Waals surface area contributed by atoms with E-state index in [1.165, 1.54) is 18.9 Å². The molecule has 3 aromatic rings. The maximum Gasteiger partial charge on any atom is 0.336 e. The number of sulfone groups is 1. The molecule has 0 aromatic heterocycles. The van der Waals surface area contributed by atoms with Gasteiger partial charge in [-0.15, -0.1) is 11.8 Å². The fourth-order valence-electron chi connectivity index (χ4n) is 6.25. The molecule has 0 spiro atoms. The van der Waals surface area contributed by atoms with Crippen LogP contribution in [0.5, 0.6) is 5.75 Å². The quantitative estimate of drug-likeness (QED) is 0.142. The molecule has 0 aliphatic carbocycles. The number of fused-ring (bicyclic) bond motifs is 1. The third-order valence-electron chi connectivity index (χ3n) is 8.74. The van der Waals surface area contributed by atoms with Gasteiger partial charge in [-0.05, 0) is 49.8 Å². The molecule has 4 rings (SSSR count). The number of esters is 1. The predicted molar refractivity (Wildman–Crippen MR) is 185 cm³/mol. The normalized spacial score (nSPS) is 16.4. The number of carbonyl (C=O) groups is 2. The van der Waals surface area contributed by atoms with Gasteiger partial charge in [-0.2, -0.15) is 0 Å². The average molecular weight is 667 g/mol. The van der Waals surface area contributed by atoms with Gasteiger partial charge in [0.15, 0.2) is 22.0 Å². The number of nitrogens with one attached hydrogen (secondary N) is 1. The van der Waals surface area contributed by atoms with Crippen LogP contribution in [0.4, 0.5) is 11.4 Å². The molecular weight excluding hydrogens is 621 g/mol.